The molecule has 0 aliphatic carbocycles. The van der Waals surface area contributed by atoms with Crippen LogP contribution in [0.1, 0.15) is 45.4 Å². The van der Waals surface area contributed by atoms with Crippen LogP contribution in [0.3, 0.4) is 0 Å². The molecule has 4 N–H and O–H groups in total. The van der Waals surface area contributed by atoms with E-state index < -0.39 is 6.04 Å². The number of anilines is 2. The standard InChI is InChI=1S/C19H30N4O2.2ClH/c1-2-7-17(22-18(24)10-6-11-20)19(25)21-15-8-5-9-16(14-15)23-12-3-4-13-23;;/h5,8-9,14,17H,2-4,6-7,10-13,20H2,1H3,(H,21,25)(H,22,24);2*1H. The molecule has 0 radical (unpaired) electrons. The first-order chi connectivity index (χ1) is 12.1. The Morgan fingerprint density at radius 1 is 1.22 bits per heavy atom. The van der Waals surface area contributed by atoms with Gasteiger partial charge in [-0.3, -0.25) is 9.59 Å². The zero-order chi connectivity index (χ0) is 18.1. The molecule has 6 nitrogen and oxygen atoms in total. The maximum absolute atomic E-state index is 12.6. The number of carbonyl (C=O) groups is 2. The summed E-state index contributed by atoms with van der Waals surface area (Å²) in [6, 6.07) is 7.40. The number of nitrogens with one attached hydrogen (secondary N) is 2. The second-order valence-corrected chi connectivity index (χ2v) is 6.53. The van der Waals surface area contributed by atoms with E-state index in [2.05, 4.69) is 21.6 Å². The lowest BCUT2D eigenvalue weighted by molar-refractivity contribution is -0.126. The van der Waals surface area contributed by atoms with E-state index >= 15 is 0 Å². The third kappa shape index (κ3) is 8.37. The van der Waals surface area contributed by atoms with Crippen molar-refractivity contribution in [3.05, 3.63) is 24.3 Å². The number of hydrogen-bond acceptors (Lipinski definition) is 4. The van der Waals surface area contributed by atoms with Crippen molar-refractivity contribution in [1.29, 1.82) is 0 Å². The van der Waals surface area contributed by atoms with E-state index in [9.17, 15) is 9.59 Å². The molecule has 1 fully saturated rings. The van der Waals surface area contributed by atoms with Crippen molar-refractivity contribution in [2.75, 3.05) is 29.9 Å². The van der Waals surface area contributed by atoms with Crippen LogP contribution in [0, 0.1) is 0 Å². The van der Waals surface area contributed by atoms with Crippen molar-refractivity contribution in [2.45, 2.75) is 51.5 Å². The van der Waals surface area contributed by atoms with Gasteiger partial charge < -0.3 is 21.3 Å². The summed E-state index contributed by atoms with van der Waals surface area (Å²) in [4.78, 5) is 26.8. The third-order valence-corrected chi connectivity index (χ3v) is 4.42. The summed E-state index contributed by atoms with van der Waals surface area (Å²) in [5.41, 5.74) is 7.33. The van der Waals surface area contributed by atoms with Gasteiger partial charge in [0.05, 0.1) is 0 Å². The molecule has 1 aromatic carbocycles. The highest BCUT2D eigenvalue weighted by atomic mass is 35.5. The molecular weight excluding hydrogens is 387 g/mol. The van der Waals surface area contributed by atoms with Crippen LogP contribution in [0.5, 0.6) is 0 Å². The largest absolute Gasteiger partial charge is 0.371 e. The van der Waals surface area contributed by atoms with Crippen molar-refractivity contribution in [1.82, 2.24) is 5.32 Å². The van der Waals surface area contributed by atoms with E-state index in [1.807, 2.05) is 25.1 Å². The maximum Gasteiger partial charge on any atom is 0.246 e. The van der Waals surface area contributed by atoms with Crippen LogP contribution in [0.2, 0.25) is 0 Å². The van der Waals surface area contributed by atoms with Gasteiger partial charge in [-0.05, 0) is 50.4 Å². The van der Waals surface area contributed by atoms with Crippen molar-refractivity contribution in [3.63, 3.8) is 0 Å². The van der Waals surface area contributed by atoms with Crippen molar-refractivity contribution in [2.24, 2.45) is 5.73 Å². The Bertz CT molecular complexity index is 581. The van der Waals surface area contributed by atoms with Gasteiger partial charge in [0.25, 0.3) is 0 Å². The quantitative estimate of drug-likeness (QED) is 0.574. The average Bonchev–Trinajstić information content (AvgIpc) is 3.14. The Kier molecular flexibility index (Phi) is 12.9. The number of hydrogen-bond donors (Lipinski definition) is 3. The first kappa shape index (κ1) is 25.5. The van der Waals surface area contributed by atoms with Crippen LogP contribution < -0.4 is 21.3 Å². The first-order valence-corrected chi connectivity index (χ1v) is 9.29. The predicted molar refractivity (Wildman–Crippen MR) is 116 cm³/mol. The minimum atomic E-state index is -0.509. The van der Waals surface area contributed by atoms with Gasteiger partial charge in [-0.1, -0.05) is 19.4 Å². The Morgan fingerprint density at radius 3 is 2.56 bits per heavy atom. The topological polar surface area (TPSA) is 87.5 Å². The van der Waals surface area contributed by atoms with Gasteiger partial charge in [-0.2, -0.15) is 0 Å². The number of carbonyl (C=O) groups excluding carboxylic acids is 2. The van der Waals surface area contributed by atoms with E-state index in [4.69, 9.17) is 5.73 Å². The molecule has 1 atom stereocenters. The summed E-state index contributed by atoms with van der Waals surface area (Å²) in [5, 5.41) is 5.77. The molecule has 0 bridgehead atoms. The first-order valence-electron chi connectivity index (χ1n) is 9.29. The van der Waals surface area contributed by atoms with Crippen LogP contribution in [0.15, 0.2) is 24.3 Å². The van der Waals surface area contributed by atoms with Crippen LogP contribution in [-0.2, 0) is 9.59 Å². The molecule has 2 rings (SSSR count). The molecule has 0 spiro atoms. The van der Waals surface area contributed by atoms with Gasteiger partial charge >= 0.3 is 0 Å². The van der Waals surface area contributed by atoms with Gasteiger partial charge in [-0.25, -0.2) is 0 Å². The fraction of sp³-hybridized carbons (Fsp3) is 0.579. The summed E-state index contributed by atoms with van der Waals surface area (Å²) in [6.07, 6.45) is 4.85. The zero-order valence-corrected chi connectivity index (χ0v) is 17.5. The summed E-state index contributed by atoms with van der Waals surface area (Å²) < 4.78 is 0. The molecular formula is C19H32Cl2N4O2. The molecule has 1 heterocycles. The van der Waals surface area contributed by atoms with Crippen LogP contribution in [-0.4, -0.2) is 37.5 Å². The van der Waals surface area contributed by atoms with Crippen LogP contribution >= 0.6 is 24.8 Å². The molecule has 2 amide bonds. The minimum absolute atomic E-state index is 0. The fourth-order valence-corrected chi connectivity index (χ4v) is 3.07. The number of benzene rings is 1. The van der Waals surface area contributed by atoms with Crippen molar-refractivity contribution in [3.8, 4) is 0 Å². The minimum Gasteiger partial charge on any atom is -0.371 e. The normalized spacial score (nSPS) is 13.9. The summed E-state index contributed by atoms with van der Waals surface area (Å²) >= 11 is 0. The molecule has 1 aliphatic rings. The number of halogens is 2. The number of rotatable bonds is 9. The number of amides is 2. The van der Waals surface area contributed by atoms with Crippen LogP contribution in [0.25, 0.3) is 0 Å². The highest BCUT2D eigenvalue weighted by molar-refractivity contribution is 5.97. The Hall–Kier alpha value is -1.50. The van der Waals surface area contributed by atoms with Crippen molar-refractivity contribution >= 4 is 48.0 Å². The molecule has 27 heavy (non-hydrogen) atoms. The molecule has 8 heteroatoms. The van der Waals surface area contributed by atoms with E-state index in [0.717, 1.165) is 30.9 Å². The number of nitrogens with zero attached hydrogens (tertiary/aromatic N) is 1. The molecule has 1 unspecified atom stereocenters. The monoisotopic (exact) mass is 418 g/mol. The smallest absolute Gasteiger partial charge is 0.246 e. The zero-order valence-electron chi connectivity index (χ0n) is 15.9. The third-order valence-electron chi connectivity index (χ3n) is 4.42. The summed E-state index contributed by atoms with van der Waals surface area (Å²) in [6.45, 7) is 4.60. The van der Waals surface area contributed by atoms with E-state index in [1.54, 1.807) is 0 Å². The molecule has 1 aromatic rings. The molecule has 1 saturated heterocycles. The maximum atomic E-state index is 12.6. The Morgan fingerprint density at radius 2 is 1.93 bits per heavy atom. The Labute approximate surface area is 174 Å². The molecule has 0 aromatic heterocycles. The van der Waals surface area contributed by atoms with Gasteiger partial charge in [0, 0.05) is 30.9 Å². The van der Waals surface area contributed by atoms with Crippen LogP contribution in [0.4, 0.5) is 11.4 Å². The van der Waals surface area contributed by atoms with E-state index in [1.165, 1.54) is 12.8 Å². The van der Waals surface area contributed by atoms with Gasteiger partial charge in [0.1, 0.15) is 6.04 Å². The highest BCUT2D eigenvalue weighted by Gasteiger charge is 2.20. The fourth-order valence-electron chi connectivity index (χ4n) is 3.07. The Balaban J connectivity index is 0.00000338. The second kappa shape index (κ2) is 13.6. The van der Waals surface area contributed by atoms with Gasteiger partial charge in [0.2, 0.25) is 11.8 Å². The average molecular weight is 419 g/mol. The van der Waals surface area contributed by atoms with Gasteiger partial charge in [-0.15, -0.1) is 24.8 Å². The van der Waals surface area contributed by atoms with E-state index in [-0.39, 0.29) is 36.6 Å². The summed E-state index contributed by atoms with van der Waals surface area (Å²) in [5.74, 6) is -0.286. The van der Waals surface area contributed by atoms with Gasteiger partial charge in [0.15, 0.2) is 0 Å². The summed E-state index contributed by atoms with van der Waals surface area (Å²) in [7, 11) is 0. The SMILES string of the molecule is CCCC(NC(=O)CCCN)C(=O)Nc1cccc(N2CCCC2)c1.Cl.Cl. The lowest BCUT2D eigenvalue weighted by atomic mass is 10.1. The lowest BCUT2D eigenvalue weighted by Gasteiger charge is -2.20. The van der Waals surface area contributed by atoms with E-state index in [0.29, 0.717) is 25.8 Å². The second-order valence-electron chi connectivity index (χ2n) is 6.53. The molecule has 0 saturated carbocycles. The lowest BCUT2D eigenvalue weighted by Crippen LogP contribution is -2.43. The molecule has 1 aliphatic heterocycles. The number of nitrogens with two attached hydrogens (primary N) is 1. The van der Waals surface area contributed by atoms with Crippen molar-refractivity contribution < 1.29 is 9.59 Å². The highest BCUT2D eigenvalue weighted by Crippen LogP contribution is 2.23. The molecule has 154 valence electrons. The predicted octanol–water partition coefficient (Wildman–Crippen LogP) is 3.09.